The van der Waals surface area contributed by atoms with Gasteiger partial charge in [0.1, 0.15) is 6.10 Å². The van der Waals surface area contributed by atoms with Crippen LogP contribution in [0.5, 0.6) is 0 Å². The normalized spacial score (nSPS) is 44.9. The quantitative estimate of drug-likeness (QED) is 0.428. The van der Waals surface area contributed by atoms with Gasteiger partial charge >= 0.3 is 5.97 Å². The topological polar surface area (TPSA) is 46.5 Å². The molecule has 4 fully saturated rings. The first kappa shape index (κ1) is 28.5. The van der Waals surface area contributed by atoms with E-state index in [1.807, 2.05) is 41.5 Å². The SMILES string of the molecule is CC.CC.CC.CC(=O)OC1CC2C(CCC3CC(O)CCC32C)C2CCC(C)C12C. The lowest BCUT2D eigenvalue weighted by Gasteiger charge is -2.62. The van der Waals surface area contributed by atoms with Crippen LogP contribution in [0.4, 0.5) is 0 Å². The molecule has 0 amide bonds. The number of carbonyl (C=O) groups excluding carboxylic acids is 1. The minimum absolute atomic E-state index is 0.0798. The summed E-state index contributed by atoms with van der Waals surface area (Å²) >= 11 is 0. The lowest BCUT2D eigenvalue weighted by atomic mass is 9.44. The second-order valence-electron chi connectivity index (χ2n) is 10.3. The predicted octanol–water partition coefficient (Wildman–Crippen LogP) is 7.65. The predicted molar refractivity (Wildman–Crippen MR) is 132 cm³/mol. The van der Waals surface area contributed by atoms with Crippen LogP contribution in [-0.4, -0.2) is 23.3 Å². The summed E-state index contributed by atoms with van der Waals surface area (Å²) < 4.78 is 5.99. The molecule has 0 bridgehead atoms. The van der Waals surface area contributed by atoms with E-state index in [9.17, 15) is 9.90 Å². The lowest BCUT2D eigenvalue weighted by Crippen LogP contribution is -2.59. The Balaban J connectivity index is 0.000000739. The van der Waals surface area contributed by atoms with Crippen molar-refractivity contribution in [3.8, 4) is 0 Å². The Kier molecular flexibility index (Phi) is 11.1. The summed E-state index contributed by atoms with van der Waals surface area (Å²) in [6, 6.07) is 0. The van der Waals surface area contributed by atoms with Crippen molar-refractivity contribution in [2.45, 2.75) is 133 Å². The minimum atomic E-state index is -0.112. The van der Waals surface area contributed by atoms with Crippen LogP contribution in [0.25, 0.3) is 0 Å². The van der Waals surface area contributed by atoms with Crippen LogP contribution in [0.1, 0.15) is 121 Å². The third-order valence-electron chi connectivity index (χ3n) is 9.48. The first-order chi connectivity index (χ1) is 14.8. The van der Waals surface area contributed by atoms with E-state index in [1.165, 1.54) is 25.7 Å². The average molecular weight is 439 g/mol. The number of carbonyl (C=O) groups is 1. The van der Waals surface area contributed by atoms with Gasteiger partial charge in [-0.2, -0.15) is 0 Å². The molecule has 4 rings (SSSR count). The number of aliphatic hydroxyl groups is 1. The molecule has 4 aliphatic rings. The summed E-state index contributed by atoms with van der Waals surface area (Å²) in [4.78, 5) is 11.9. The van der Waals surface area contributed by atoms with Crippen LogP contribution in [0.15, 0.2) is 0 Å². The average Bonchev–Trinajstić information content (AvgIpc) is 3.09. The van der Waals surface area contributed by atoms with E-state index in [-0.39, 0.29) is 23.6 Å². The van der Waals surface area contributed by atoms with Gasteiger partial charge in [0.25, 0.3) is 0 Å². The maximum Gasteiger partial charge on any atom is 0.302 e. The summed E-state index contributed by atoms with van der Waals surface area (Å²) in [5.74, 6) is 3.33. The van der Waals surface area contributed by atoms with Crippen LogP contribution in [0.2, 0.25) is 0 Å². The highest BCUT2D eigenvalue weighted by Gasteiger charge is 2.63. The van der Waals surface area contributed by atoms with Crippen molar-refractivity contribution in [3.05, 3.63) is 0 Å². The second-order valence-corrected chi connectivity index (χ2v) is 10.3. The molecule has 0 aromatic rings. The van der Waals surface area contributed by atoms with E-state index in [4.69, 9.17) is 4.74 Å². The molecule has 9 atom stereocenters. The largest absolute Gasteiger partial charge is 0.462 e. The van der Waals surface area contributed by atoms with Crippen molar-refractivity contribution < 1.29 is 14.6 Å². The van der Waals surface area contributed by atoms with Gasteiger partial charge in [-0.1, -0.05) is 62.3 Å². The monoisotopic (exact) mass is 438 g/mol. The number of esters is 1. The fourth-order valence-corrected chi connectivity index (χ4v) is 7.85. The summed E-state index contributed by atoms with van der Waals surface area (Å²) in [6.45, 7) is 20.9. The molecular formula is C28H54O3. The van der Waals surface area contributed by atoms with Crippen LogP contribution in [-0.2, 0) is 9.53 Å². The maximum atomic E-state index is 11.9. The molecule has 0 radical (unpaired) electrons. The van der Waals surface area contributed by atoms with Gasteiger partial charge in [0.05, 0.1) is 6.10 Å². The Morgan fingerprint density at radius 1 is 0.871 bits per heavy atom. The Labute approximate surface area is 194 Å². The number of hydrogen-bond donors (Lipinski definition) is 1. The van der Waals surface area contributed by atoms with Crippen molar-refractivity contribution in [2.75, 3.05) is 0 Å². The highest BCUT2D eigenvalue weighted by atomic mass is 16.5. The third kappa shape index (κ3) is 5.17. The van der Waals surface area contributed by atoms with Gasteiger partial charge < -0.3 is 9.84 Å². The zero-order valence-electron chi connectivity index (χ0n) is 22.5. The molecule has 0 heterocycles. The smallest absolute Gasteiger partial charge is 0.302 e. The van der Waals surface area contributed by atoms with Gasteiger partial charge in [0.2, 0.25) is 0 Å². The molecule has 184 valence electrons. The van der Waals surface area contributed by atoms with E-state index < -0.39 is 0 Å². The first-order valence-corrected chi connectivity index (χ1v) is 13.6. The Morgan fingerprint density at radius 2 is 1.48 bits per heavy atom. The van der Waals surface area contributed by atoms with E-state index in [0.717, 1.165) is 31.6 Å². The first-order valence-electron chi connectivity index (χ1n) is 13.6. The zero-order chi connectivity index (χ0) is 24.0. The molecule has 0 aliphatic heterocycles. The molecule has 1 N–H and O–H groups in total. The van der Waals surface area contributed by atoms with Gasteiger partial charge in [0, 0.05) is 12.3 Å². The fraction of sp³-hybridized carbons (Fsp3) is 0.964. The Morgan fingerprint density at radius 3 is 2.06 bits per heavy atom. The van der Waals surface area contributed by atoms with Crippen molar-refractivity contribution >= 4 is 5.97 Å². The Hall–Kier alpha value is -0.570. The summed E-state index contributed by atoms with van der Waals surface area (Å²) in [5, 5.41) is 10.2. The molecule has 4 saturated carbocycles. The molecular weight excluding hydrogens is 384 g/mol. The van der Waals surface area contributed by atoms with Crippen molar-refractivity contribution in [2.24, 2.45) is 40.4 Å². The highest BCUT2D eigenvalue weighted by Crippen LogP contribution is 2.67. The lowest BCUT2D eigenvalue weighted by molar-refractivity contribution is -0.192. The highest BCUT2D eigenvalue weighted by molar-refractivity contribution is 5.66. The summed E-state index contributed by atoms with van der Waals surface area (Å²) in [7, 11) is 0. The number of rotatable bonds is 1. The van der Waals surface area contributed by atoms with Gasteiger partial charge in [-0.15, -0.1) is 0 Å². The summed E-state index contributed by atoms with van der Waals surface area (Å²) in [5.41, 5.74) is 0.484. The molecule has 3 nitrogen and oxygen atoms in total. The van der Waals surface area contributed by atoms with Gasteiger partial charge in [0.15, 0.2) is 0 Å². The second kappa shape index (κ2) is 12.1. The standard InChI is InChI=1S/C22H36O3.3C2H6/c1-13-5-8-18-17-7-6-15-11-16(24)9-10-21(15,3)19(17)12-20(22(13,18)4)25-14(2)23;3*1-2/h13,15-20,24H,5-12H2,1-4H3;3*1-2H3. The van der Waals surface area contributed by atoms with Gasteiger partial charge in [-0.25, -0.2) is 0 Å². The molecule has 0 aromatic carbocycles. The molecule has 0 saturated heterocycles. The van der Waals surface area contributed by atoms with Gasteiger partial charge in [-0.3, -0.25) is 4.79 Å². The number of hydrogen-bond acceptors (Lipinski definition) is 3. The van der Waals surface area contributed by atoms with Crippen molar-refractivity contribution in [1.82, 2.24) is 0 Å². The summed E-state index contributed by atoms with van der Waals surface area (Å²) in [6.07, 6.45) is 9.29. The van der Waals surface area contributed by atoms with E-state index in [1.54, 1.807) is 6.92 Å². The molecule has 3 heteroatoms. The van der Waals surface area contributed by atoms with Crippen LogP contribution in [0.3, 0.4) is 0 Å². The van der Waals surface area contributed by atoms with Crippen LogP contribution >= 0.6 is 0 Å². The minimum Gasteiger partial charge on any atom is -0.462 e. The van der Waals surface area contributed by atoms with Crippen molar-refractivity contribution in [3.63, 3.8) is 0 Å². The van der Waals surface area contributed by atoms with E-state index in [2.05, 4.69) is 20.8 Å². The molecule has 0 spiro atoms. The van der Waals surface area contributed by atoms with Crippen molar-refractivity contribution in [1.29, 1.82) is 0 Å². The number of ether oxygens (including phenoxy) is 1. The molecule has 0 aromatic heterocycles. The molecule has 4 aliphatic carbocycles. The van der Waals surface area contributed by atoms with Crippen LogP contribution < -0.4 is 0 Å². The Bertz CT molecular complexity index is 546. The van der Waals surface area contributed by atoms with Gasteiger partial charge in [-0.05, 0) is 86.4 Å². The van der Waals surface area contributed by atoms with E-state index in [0.29, 0.717) is 29.1 Å². The molecule has 31 heavy (non-hydrogen) atoms. The zero-order valence-corrected chi connectivity index (χ0v) is 22.5. The number of aliphatic hydroxyl groups excluding tert-OH is 1. The third-order valence-corrected chi connectivity index (χ3v) is 9.48. The van der Waals surface area contributed by atoms with Crippen LogP contribution in [0, 0.1) is 40.4 Å². The number of fused-ring (bicyclic) bond motifs is 5. The maximum absolute atomic E-state index is 11.9. The molecule has 9 unspecified atom stereocenters. The fourth-order valence-electron chi connectivity index (χ4n) is 7.85. The van der Waals surface area contributed by atoms with E-state index >= 15 is 0 Å².